The van der Waals surface area contributed by atoms with Crippen LogP contribution in [0.2, 0.25) is 0 Å². The third-order valence-electron chi connectivity index (χ3n) is 2.81. The molecule has 0 atom stereocenters. The molecule has 1 aromatic carbocycles. The van der Waals surface area contributed by atoms with Gasteiger partial charge in [-0.3, -0.25) is 4.79 Å². The quantitative estimate of drug-likeness (QED) is 0.626. The van der Waals surface area contributed by atoms with Crippen LogP contribution in [0.3, 0.4) is 0 Å². The molecule has 0 radical (unpaired) electrons. The standard InChI is InChI=1S/C14H13BrINO2S/c1-17(14(18)10-6-13(16)20-8-10)7-9-5-11(15)3-4-12(9)19-2/h3-6,8H,7H2,1-2H3. The fourth-order valence-corrected chi connectivity index (χ4v) is 3.57. The van der Waals surface area contributed by atoms with Gasteiger partial charge in [0.1, 0.15) is 5.75 Å². The fourth-order valence-electron chi connectivity index (χ4n) is 1.84. The maximum atomic E-state index is 12.3. The Labute approximate surface area is 144 Å². The summed E-state index contributed by atoms with van der Waals surface area (Å²) in [6.07, 6.45) is 0. The molecule has 0 spiro atoms. The van der Waals surface area contributed by atoms with E-state index in [1.54, 1.807) is 30.4 Å². The minimum absolute atomic E-state index is 0.0196. The van der Waals surface area contributed by atoms with Crippen molar-refractivity contribution < 1.29 is 9.53 Å². The summed E-state index contributed by atoms with van der Waals surface area (Å²) in [5, 5.41) is 1.89. The second kappa shape index (κ2) is 6.91. The predicted octanol–water partition coefficient (Wildman–Crippen LogP) is 4.40. The molecule has 1 aromatic heterocycles. The third kappa shape index (κ3) is 3.73. The summed E-state index contributed by atoms with van der Waals surface area (Å²) in [7, 11) is 3.43. The Morgan fingerprint density at radius 1 is 1.45 bits per heavy atom. The highest BCUT2D eigenvalue weighted by Gasteiger charge is 2.15. The first-order valence-corrected chi connectivity index (χ1v) is 8.58. The van der Waals surface area contributed by atoms with Crippen molar-refractivity contribution in [2.45, 2.75) is 6.54 Å². The molecule has 2 aromatic rings. The van der Waals surface area contributed by atoms with Gasteiger partial charge in [-0.05, 0) is 46.9 Å². The van der Waals surface area contributed by atoms with Gasteiger partial charge in [-0.15, -0.1) is 11.3 Å². The first-order valence-electron chi connectivity index (χ1n) is 5.83. The molecule has 0 saturated heterocycles. The molecule has 20 heavy (non-hydrogen) atoms. The van der Waals surface area contributed by atoms with Crippen LogP contribution in [0.1, 0.15) is 15.9 Å². The number of carbonyl (C=O) groups is 1. The first-order chi connectivity index (χ1) is 9.51. The smallest absolute Gasteiger partial charge is 0.254 e. The largest absolute Gasteiger partial charge is 0.496 e. The summed E-state index contributed by atoms with van der Waals surface area (Å²) in [6.45, 7) is 0.508. The average Bonchev–Trinajstić information content (AvgIpc) is 2.84. The van der Waals surface area contributed by atoms with E-state index in [1.165, 1.54) is 0 Å². The molecular formula is C14H13BrINO2S. The van der Waals surface area contributed by atoms with Gasteiger partial charge in [0.15, 0.2) is 0 Å². The summed E-state index contributed by atoms with van der Waals surface area (Å²) < 4.78 is 7.41. The lowest BCUT2D eigenvalue weighted by Crippen LogP contribution is -2.26. The number of benzene rings is 1. The van der Waals surface area contributed by atoms with Crippen molar-refractivity contribution in [3.8, 4) is 5.75 Å². The van der Waals surface area contributed by atoms with E-state index in [9.17, 15) is 4.79 Å². The second-order valence-electron chi connectivity index (χ2n) is 4.26. The lowest BCUT2D eigenvalue weighted by Gasteiger charge is -2.18. The van der Waals surface area contributed by atoms with Gasteiger partial charge in [-0.1, -0.05) is 15.9 Å². The van der Waals surface area contributed by atoms with E-state index < -0.39 is 0 Å². The molecule has 0 aliphatic rings. The molecule has 106 valence electrons. The summed E-state index contributed by atoms with van der Waals surface area (Å²) >= 11 is 7.23. The predicted molar refractivity (Wildman–Crippen MR) is 93.5 cm³/mol. The first kappa shape index (κ1) is 15.8. The van der Waals surface area contributed by atoms with Crippen LogP contribution in [0.15, 0.2) is 34.1 Å². The van der Waals surface area contributed by atoms with Crippen LogP contribution in [0.4, 0.5) is 0 Å². The van der Waals surface area contributed by atoms with Gasteiger partial charge in [0.2, 0.25) is 0 Å². The van der Waals surface area contributed by atoms with Gasteiger partial charge < -0.3 is 9.64 Å². The SMILES string of the molecule is COc1ccc(Br)cc1CN(C)C(=O)c1csc(I)c1. The monoisotopic (exact) mass is 465 g/mol. The minimum Gasteiger partial charge on any atom is -0.496 e. The van der Waals surface area contributed by atoms with E-state index in [2.05, 4.69) is 38.5 Å². The summed E-state index contributed by atoms with van der Waals surface area (Å²) in [4.78, 5) is 14.0. The number of hydrogen-bond donors (Lipinski definition) is 0. The number of halogens is 2. The van der Waals surface area contributed by atoms with E-state index in [0.717, 1.165) is 24.2 Å². The van der Waals surface area contributed by atoms with Crippen LogP contribution in [0, 0.1) is 2.88 Å². The Bertz CT molecular complexity index is 629. The van der Waals surface area contributed by atoms with Crippen molar-refractivity contribution in [3.05, 3.63) is 48.1 Å². The minimum atomic E-state index is 0.0196. The van der Waals surface area contributed by atoms with Crippen molar-refractivity contribution in [3.63, 3.8) is 0 Å². The van der Waals surface area contributed by atoms with Crippen LogP contribution < -0.4 is 4.74 Å². The van der Waals surface area contributed by atoms with E-state index >= 15 is 0 Å². The number of ether oxygens (including phenoxy) is 1. The van der Waals surface area contributed by atoms with Crippen molar-refractivity contribution in [2.75, 3.05) is 14.2 Å². The zero-order valence-corrected chi connectivity index (χ0v) is 15.6. The second-order valence-corrected chi connectivity index (χ2v) is 7.98. The molecular weight excluding hydrogens is 453 g/mol. The van der Waals surface area contributed by atoms with Gasteiger partial charge >= 0.3 is 0 Å². The highest BCUT2D eigenvalue weighted by Crippen LogP contribution is 2.25. The van der Waals surface area contributed by atoms with Gasteiger partial charge in [0.25, 0.3) is 5.91 Å². The topological polar surface area (TPSA) is 29.5 Å². The van der Waals surface area contributed by atoms with Crippen molar-refractivity contribution in [1.29, 1.82) is 0 Å². The number of nitrogens with zero attached hydrogens (tertiary/aromatic N) is 1. The molecule has 0 bridgehead atoms. The molecule has 1 amide bonds. The fraction of sp³-hybridized carbons (Fsp3) is 0.214. The van der Waals surface area contributed by atoms with Crippen LogP contribution in [0.25, 0.3) is 0 Å². The molecule has 1 heterocycles. The highest BCUT2D eigenvalue weighted by atomic mass is 127. The van der Waals surface area contributed by atoms with E-state index in [4.69, 9.17) is 4.74 Å². The zero-order chi connectivity index (χ0) is 14.7. The Balaban J connectivity index is 2.17. The van der Waals surface area contributed by atoms with Gasteiger partial charge in [-0.25, -0.2) is 0 Å². The van der Waals surface area contributed by atoms with E-state index in [1.807, 2.05) is 29.6 Å². The van der Waals surface area contributed by atoms with Gasteiger partial charge in [0, 0.05) is 29.0 Å². The molecule has 6 heteroatoms. The van der Waals surface area contributed by atoms with E-state index in [0.29, 0.717) is 6.54 Å². The van der Waals surface area contributed by atoms with Gasteiger partial charge in [0.05, 0.1) is 15.6 Å². The maximum absolute atomic E-state index is 12.3. The Morgan fingerprint density at radius 3 is 2.80 bits per heavy atom. The summed E-state index contributed by atoms with van der Waals surface area (Å²) in [5.74, 6) is 0.805. The zero-order valence-electron chi connectivity index (χ0n) is 11.0. The number of amides is 1. The van der Waals surface area contributed by atoms with Gasteiger partial charge in [-0.2, -0.15) is 0 Å². The number of rotatable bonds is 4. The van der Waals surface area contributed by atoms with E-state index in [-0.39, 0.29) is 5.91 Å². The van der Waals surface area contributed by atoms with Crippen LogP contribution >= 0.6 is 49.9 Å². The molecule has 0 unspecified atom stereocenters. The Kier molecular flexibility index (Phi) is 5.45. The van der Waals surface area contributed by atoms with Crippen LogP contribution in [-0.2, 0) is 6.54 Å². The maximum Gasteiger partial charge on any atom is 0.254 e. The van der Waals surface area contributed by atoms with Crippen molar-refractivity contribution >= 4 is 55.8 Å². The summed E-state index contributed by atoms with van der Waals surface area (Å²) in [5.41, 5.74) is 1.71. The molecule has 0 aliphatic carbocycles. The Hall–Kier alpha value is -0.600. The molecule has 2 rings (SSSR count). The lowest BCUT2D eigenvalue weighted by atomic mass is 10.2. The molecule has 0 aliphatic heterocycles. The third-order valence-corrected chi connectivity index (χ3v) is 5.09. The lowest BCUT2D eigenvalue weighted by molar-refractivity contribution is 0.0784. The highest BCUT2D eigenvalue weighted by molar-refractivity contribution is 14.1. The Morgan fingerprint density at radius 2 is 2.20 bits per heavy atom. The van der Waals surface area contributed by atoms with Crippen molar-refractivity contribution in [1.82, 2.24) is 4.90 Å². The summed E-state index contributed by atoms with van der Waals surface area (Å²) in [6, 6.07) is 7.69. The number of carbonyl (C=O) groups excluding carboxylic acids is 1. The number of hydrogen-bond acceptors (Lipinski definition) is 3. The normalized spacial score (nSPS) is 10.4. The number of methoxy groups -OCH3 is 1. The molecule has 0 N–H and O–H groups in total. The molecule has 3 nitrogen and oxygen atoms in total. The van der Waals surface area contributed by atoms with Crippen LogP contribution in [0.5, 0.6) is 5.75 Å². The molecule has 0 saturated carbocycles. The van der Waals surface area contributed by atoms with Crippen LogP contribution in [-0.4, -0.2) is 25.0 Å². The molecule has 0 fully saturated rings. The van der Waals surface area contributed by atoms with Crippen molar-refractivity contribution in [2.24, 2.45) is 0 Å². The average molecular weight is 466 g/mol. The number of thiophene rings is 1.